The van der Waals surface area contributed by atoms with Crippen LogP contribution in [-0.2, 0) is 9.84 Å². The summed E-state index contributed by atoms with van der Waals surface area (Å²) in [5.41, 5.74) is 5.29. The monoisotopic (exact) mass is 245 g/mol. The highest BCUT2D eigenvalue weighted by molar-refractivity contribution is 7.92. The van der Waals surface area contributed by atoms with Crippen molar-refractivity contribution >= 4 is 15.6 Å². The lowest BCUT2D eigenvalue weighted by atomic mass is 10.1. The molecule has 88 valence electrons. The first-order valence-corrected chi connectivity index (χ1v) is 6.46. The zero-order valence-electron chi connectivity index (χ0n) is 8.52. The van der Waals surface area contributed by atoms with Crippen LogP contribution in [0.15, 0.2) is 24.3 Å². The van der Waals surface area contributed by atoms with Gasteiger partial charge in [-0.25, -0.2) is 12.8 Å². The number of nitrogens with two attached hydrogens (primary N) is 1. The van der Waals surface area contributed by atoms with Crippen molar-refractivity contribution < 1.29 is 17.6 Å². The minimum atomic E-state index is -3.46. The van der Waals surface area contributed by atoms with E-state index in [0.29, 0.717) is 0 Å². The summed E-state index contributed by atoms with van der Waals surface area (Å²) >= 11 is 0. The van der Waals surface area contributed by atoms with Crippen LogP contribution in [0.1, 0.15) is 10.4 Å². The molecule has 16 heavy (non-hydrogen) atoms. The van der Waals surface area contributed by atoms with Gasteiger partial charge in [0.1, 0.15) is 11.6 Å². The van der Waals surface area contributed by atoms with Crippen molar-refractivity contribution in [3.8, 4) is 0 Å². The van der Waals surface area contributed by atoms with Gasteiger partial charge >= 0.3 is 0 Å². The summed E-state index contributed by atoms with van der Waals surface area (Å²) in [4.78, 5) is 11.5. The number of halogens is 1. The van der Waals surface area contributed by atoms with Gasteiger partial charge in [0.05, 0.1) is 5.75 Å². The van der Waals surface area contributed by atoms with Gasteiger partial charge in [0.25, 0.3) is 0 Å². The van der Waals surface area contributed by atoms with Gasteiger partial charge in [-0.15, -0.1) is 0 Å². The largest absolute Gasteiger partial charge is 0.329 e. The molecule has 0 radical (unpaired) electrons. The second-order valence-corrected chi connectivity index (χ2v) is 5.49. The number of carbonyl (C=O) groups excluding carboxylic acids is 1. The number of benzene rings is 1. The predicted octanol–water partition coefficient (Wildman–Crippen LogP) is 0.382. The Kier molecular flexibility index (Phi) is 4.14. The van der Waals surface area contributed by atoms with Gasteiger partial charge in [-0.2, -0.15) is 0 Å². The fourth-order valence-electron chi connectivity index (χ4n) is 1.17. The van der Waals surface area contributed by atoms with Gasteiger partial charge in [-0.3, -0.25) is 4.79 Å². The van der Waals surface area contributed by atoms with E-state index in [0.717, 1.165) is 12.1 Å². The van der Waals surface area contributed by atoms with Crippen LogP contribution in [0.2, 0.25) is 0 Å². The molecule has 0 fully saturated rings. The number of rotatable bonds is 5. The third-order valence-electron chi connectivity index (χ3n) is 1.95. The maximum absolute atomic E-state index is 12.6. The Balaban J connectivity index is 2.77. The van der Waals surface area contributed by atoms with Crippen molar-refractivity contribution in [3.63, 3.8) is 0 Å². The summed E-state index contributed by atoms with van der Waals surface area (Å²) in [5, 5.41) is 0. The SMILES string of the molecule is NCCS(=O)(=O)CC(=O)c1ccc(F)cc1. The molecular formula is C10H12FNO3S. The van der Waals surface area contributed by atoms with Gasteiger partial charge < -0.3 is 5.73 Å². The number of carbonyl (C=O) groups is 1. The Morgan fingerprint density at radius 2 is 1.81 bits per heavy atom. The summed E-state index contributed by atoms with van der Waals surface area (Å²) in [5.74, 6) is -1.83. The molecule has 6 heteroatoms. The molecule has 1 aromatic carbocycles. The number of sulfone groups is 1. The molecule has 0 saturated heterocycles. The molecule has 0 aliphatic rings. The van der Waals surface area contributed by atoms with Crippen LogP contribution < -0.4 is 5.73 Å². The molecule has 1 rings (SSSR count). The van der Waals surface area contributed by atoms with Crippen molar-refractivity contribution in [2.24, 2.45) is 5.73 Å². The third kappa shape index (κ3) is 3.71. The van der Waals surface area contributed by atoms with E-state index in [2.05, 4.69) is 0 Å². The first kappa shape index (κ1) is 12.8. The van der Waals surface area contributed by atoms with Gasteiger partial charge in [-0.1, -0.05) is 0 Å². The number of hydrogen-bond donors (Lipinski definition) is 1. The van der Waals surface area contributed by atoms with E-state index >= 15 is 0 Å². The highest BCUT2D eigenvalue weighted by Crippen LogP contribution is 2.05. The van der Waals surface area contributed by atoms with E-state index in [-0.39, 0.29) is 17.9 Å². The number of Topliss-reactive ketones (excluding diaryl/α,β-unsaturated/α-hetero) is 1. The average molecular weight is 245 g/mol. The molecule has 0 aliphatic carbocycles. The second kappa shape index (κ2) is 5.18. The fourth-order valence-corrected chi connectivity index (χ4v) is 2.24. The summed E-state index contributed by atoms with van der Waals surface area (Å²) in [6, 6.07) is 4.75. The van der Waals surface area contributed by atoms with E-state index in [1.165, 1.54) is 12.1 Å². The molecule has 0 atom stereocenters. The lowest BCUT2D eigenvalue weighted by Gasteiger charge is -2.02. The Bertz CT molecular complexity index is 467. The highest BCUT2D eigenvalue weighted by Gasteiger charge is 2.17. The minimum absolute atomic E-state index is 0.0149. The maximum atomic E-state index is 12.6. The van der Waals surface area contributed by atoms with Gasteiger partial charge in [0, 0.05) is 12.1 Å². The van der Waals surface area contributed by atoms with Gasteiger partial charge in [0.2, 0.25) is 0 Å². The molecule has 0 amide bonds. The zero-order chi connectivity index (χ0) is 12.2. The highest BCUT2D eigenvalue weighted by atomic mass is 32.2. The summed E-state index contributed by atoms with van der Waals surface area (Å²) in [6.45, 7) is -0.0149. The molecule has 2 N–H and O–H groups in total. The zero-order valence-corrected chi connectivity index (χ0v) is 9.34. The predicted molar refractivity (Wildman–Crippen MR) is 58.4 cm³/mol. The number of ketones is 1. The van der Waals surface area contributed by atoms with Crippen LogP contribution in [0.5, 0.6) is 0 Å². The first-order valence-electron chi connectivity index (χ1n) is 4.64. The molecule has 0 unspecified atom stereocenters. The van der Waals surface area contributed by atoms with Crippen LogP contribution in [0.25, 0.3) is 0 Å². The summed E-state index contributed by atoms with van der Waals surface area (Å²) in [7, 11) is -3.46. The molecule has 4 nitrogen and oxygen atoms in total. The van der Waals surface area contributed by atoms with E-state index in [1.54, 1.807) is 0 Å². The molecular weight excluding hydrogens is 233 g/mol. The standard InChI is InChI=1S/C10H12FNO3S/c11-9-3-1-8(2-4-9)10(13)7-16(14,15)6-5-12/h1-4H,5-7,12H2. The molecule has 0 bridgehead atoms. The molecule has 0 aromatic heterocycles. The van der Waals surface area contributed by atoms with Crippen molar-refractivity contribution in [2.75, 3.05) is 18.1 Å². The minimum Gasteiger partial charge on any atom is -0.329 e. The first-order chi connectivity index (χ1) is 7.44. The Morgan fingerprint density at radius 3 is 2.31 bits per heavy atom. The van der Waals surface area contributed by atoms with Crippen molar-refractivity contribution in [1.29, 1.82) is 0 Å². The van der Waals surface area contributed by atoms with Crippen molar-refractivity contribution in [2.45, 2.75) is 0 Å². The van der Waals surface area contributed by atoms with Crippen LogP contribution in [0.4, 0.5) is 4.39 Å². The lowest BCUT2D eigenvalue weighted by Crippen LogP contribution is -2.23. The lowest BCUT2D eigenvalue weighted by molar-refractivity contribution is 0.102. The maximum Gasteiger partial charge on any atom is 0.177 e. The Morgan fingerprint density at radius 1 is 1.25 bits per heavy atom. The van der Waals surface area contributed by atoms with Crippen molar-refractivity contribution in [1.82, 2.24) is 0 Å². The molecule has 0 saturated carbocycles. The van der Waals surface area contributed by atoms with Crippen LogP contribution >= 0.6 is 0 Å². The van der Waals surface area contributed by atoms with E-state index in [1.807, 2.05) is 0 Å². The van der Waals surface area contributed by atoms with E-state index in [4.69, 9.17) is 5.73 Å². The topological polar surface area (TPSA) is 77.2 Å². The van der Waals surface area contributed by atoms with Crippen LogP contribution in [0.3, 0.4) is 0 Å². The number of hydrogen-bond acceptors (Lipinski definition) is 4. The molecule has 0 heterocycles. The molecule has 0 aliphatic heterocycles. The van der Waals surface area contributed by atoms with E-state index in [9.17, 15) is 17.6 Å². The normalized spacial score (nSPS) is 11.4. The summed E-state index contributed by atoms with van der Waals surface area (Å²) < 4.78 is 35.2. The smallest absolute Gasteiger partial charge is 0.177 e. The average Bonchev–Trinajstić information content (AvgIpc) is 2.17. The van der Waals surface area contributed by atoms with Crippen LogP contribution in [-0.4, -0.2) is 32.3 Å². The molecule has 0 spiro atoms. The van der Waals surface area contributed by atoms with Gasteiger partial charge in [0.15, 0.2) is 15.6 Å². The quantitative estimate of drug-likeness (QED) is 0.761. The summed E-state index contributed by atoms with van der Waals surface area (Å²) in [6.07, 6.45) is 0. The Hall–Kier alpha value is -1.27. The van der Waals surface area contributed by atoms with Crippen molar-refractivity contribution in [3.05, 3.63) is 35.6 Å². The fraction of sp³-hybridized carbons (Fsp3) is 0.300. The van der Waals surface area contributed by atoms with E-state index < -0.39 is 27.2 Å². The molecule has 1 aromatic rings. The third-order valence-corrected chi connectivity index (χ3v) is 3.51. The van der Waals surface area contributed by atoms with Gasteiger partial charge in [-0.05, 0) is 24.3 Å². The second-order valence-electron chi connectivity index (χ2n) is 3.31. The Labute approximate surface area is 93.2 Å². The van der Waals surface area contributed by atoms with Crippen LogP contribution in [0, 0.1) is 5.82 Å².